The summed E-state index contributed by atoms with van der Waals surface area (Å²) >= 11 is 1.79. The molecule has 0 bridgehead atoms. The quantitative estimate of drug-likeness (QED) is 0.137. The molecule has 11 aromatic rings. The summed E-state index contributed by atoms with van der Waals surface area (Å²) in [6.45, 7) is 0. The summed E-state index contributed by atoms with van der Waals surface area (Å²) in [4.78, 5) is 1.90. The van der Waals surface area contributed by atoms with Crippen molar-refractivity contribution in [2.45, 2.75) is 30.6 Å². The fraction of sp³-hybridized carbons (Fsp3) is 0.0725. The lowest BCUT2D eigenvalue weighted by Gasteiger charge is -2.35. The second kappa shape index (κ2) is 17.0. The molecule has 71 heavy (non-hydrogen) atoms. The van der Waals surface area contributed by atoms with Gasteiger partial charge in [-0.1, -0.05) is 212 Å². The molecule has 3 aliphatic rings. The molecule has 14 rings (SSSR count). The number of hydrogen-bond donors (Lipinski definition) is 0. The molecule has 2 heteroatoms. The molecule has 1 heterocycles. The molecule has 0 fully saturated rings. The fourth-order valence-corrected chi connectivity index (χ4v) is 12.8. The van der Waals surface area contributed by atoms with Crippen LogP contribution in [-0.4, -0.2) is 0 Å². The number of allylic oxidation sites excluding steroid dienone is 8. The van der Waals surface area contributed by atoms with E-state index in [1.807, 2.05) is 77.7 Å². The maximum absolute atomic E-state index is 10.1. The summed E-state index contributed by atoms with van der Waals surface area (Å²) in [6.07, 6.45) is 3.83. The van der Waals surface area contributed by atoms with Crippen molar-refractivity contribution >= 4 is 75.6 Å². The average molecular weight is 932 g/mol. The number of nitrogens with zero attached hydrogens (tertiary/aromatic N) is 1. The zero-order valence-corrected chi connectivity index (χ0v) is 39.4. The minimum Gasteiger partial charge on any atom is -0.314 e. The van der Waals surface area contributed by atoms with E-state index >= 15 is 0 Å². The Labute approximate surface area is 430 Å². The molecule has 0 N–H and O–H groups in total. The van der Waals surface area contributed by atoms with Crippen LogP contribution in [0, 0.1) is 0 Å². The van der Waals surface area contributed by atoms with Gasteiger partial charge in [0.1, 0.15) is 0 Å². The highest BCUT2D eigenvalue weighted by atomic mass is 32.1. The van der Waals surface area contributed by atoms with Crippen LogP contribution in [0.4, 0.5) is 11.4 Å². The van der Waals surface area contributed by atoms with Gasteiger partial charge in [0.25, 0.3) is 0 Å². The lowest BCUT2D eigenvalue weighted by atomic mass is 9.67. The van der Waals surface area contributed by atoms with Crippen molar-refractivity contribution in [2.75, 3.05) is 4.90 Å². The van der Waals surface area contributed by atoms with Crippen molar-refractivity contribution in [1.82, 2.24) is 0 Å². The molecule has 2 unspecified atom stereocenters. The number of hydrogen-bond acceptors (Lipinski definition) is 2. The summed E-state index contributed by atoms with van der Waals surface area (Å²) in [6, 6.07) is 66.1. The fourth-order valence-electron chi connectivity index (χ4n) is 11.6. The van der Waals surface area contributed by atoms with Crippen molar-refractivity contribution in [2.24, 2.45) is 0 Å². The van der Waals surface area contributed by atoms with Crippen LogP contribution < -0.4 is 4.90 Å². The van der Waals surface area contributed by atoms with Crippen molar-refractivity contribution in [3.8, 4) is 11.1 Å². The third-order valence-corrected chi connectivity index (χ3v) is 16.0. The minimum atomic E-state index is -1.51. The normalized spacial score (nSPS) is 18.9. The zero-order valence-electron chi connectivity index (χ0n) is 46.6. The van der Waals surface area contributed by atoms with Gasteiger partial charge >= 0.3 is 0 Å². The molecule has 0 spiro atoms. The van der Waals surface area contributed by atoms with Crippen LogP contribution in [0.1, 0.15) is 75.1 Å². The van der Waals surface area contributed by atoms with Gasteiger partial charge in [0.2, 0.25) is 0 Å². The first-order chi connectivity index (χ1) is 38.6. The largest absolute Gasteiger partial charge is 0.314 e. The summed E-state index contributed by atoms with van der Waals surface area (Å²) in [5, 5.41) is 6.04. The number of benzene rings is 10. The molecule has 0 saturated heterocycles. The molecule has 3 aliphatic carbocycles. The number of fused-ring (bicyclic) bond motifs is 9. The van der Waals surface area contributed by atoms with Crippen LogP contribution in [0.2, 0.25) is 0 Å². The molecule has 0 radical (unpaired) electrons. The lowest BCUT2D eigenvalue weighted by molar-refractivity contribution is 0.768. The first-order valence-electron chi connectivity index (χ1n) is 28.4. The van der Waals surface area contributed by atoms with Gasteiger partial charge in [0, 0.05) is 44.5 Å². The summed E-state index contributed by atoms with van der Waals surface area (Å²) in [7, 11) is 0. The van der Waals surface area contributed by atoms with Gasteiger partial charge in [-0.25, -0.2) is 0 Å². The molecule has 336 valence electrons. The summed E-state index contributed by atoms with van der Waals surface area (Å²) in [5.74, 6) is -1.42. The van der Waals surface area contributed by atoms with E-state index in [0.717, 1.165) is 71.8 Å². The highest BCUT2D eigenvalue weighted by Crippen LogP contribution is 2.57. The van der Waals surface area contributed by atoms with Crippen molar-refractivity contribution in [1.29, 1.82) is 0 Å². The highest BCUT2D eigenvalue weighted by molar-refractivity contribution is 7.26. The Morgan fingerprint density at radius 2 is 1.17 bits per heavy atom. The van der Waals surface area contributed by atoms with Crippen LogP contribution in [-0.2, 0) is 5.41 Å². The van der Waals surface area contributed by atoms with E-state index in [2.05, 4.69) is 140 Å². The molecule has 0 saturated carbocycles. The second-order valence-corrected chi connectivity index (χ2v) is 19.7. The van der Waals surface area contributed by atoms with Crippen LogP contribution in [0.25, 0.3) is 64.0 Å². The van der Waals surface area contributed by atoms with Crippen molar-refractivity contribution in [3.05, 3.63) is 299 Å². The van der Waals surface area contributed by atoms with Gasteiger partial charge in [0.15, 0.2) is 0 Å². The molecule has 10 aromatic carbocycles. The van der Waals surface area contributed by atoms with Crippen LogP contribution >= 0.6 is 11.3 Å². The van der Waals surface area contributed by atoms with Gasteiger partial charge in [-0.15, -0.1) is 11.3 Å². The molecule has 0 amide bonds. The van der Waals surface area contributed by atoms with Gasteiger partial charge in [0.05, 0.1) is 15.0 Å². The van der Waals surface area contributed by atoms with Crippen molar-refractivity contribution < 1.29 is 11.0 Å². The van der Waals surface area contributed by atoms with Gasteiger partial charge in [-0.2, -0.15) is 0 Å². The predicted molar refractivity (Wildman–Crippen MR) is 303 cm³/mol. The standard InChI is InChI=1S/C69H49NS/c1-3-17-51(18-4-1)69(52-19-5-2-6-20-52)65-28-13-11-24-60(65)61-43-42-55(45-66(61)69)70(54-40-36-48(37-41-54)57-26-15-27-63-62-25-12-14-29-67(62)71-68(57)63)53-38-34-47(35-39-53)46-30-32-49(33-31-46)64-44-50-16-7-8-21-56(50)58-22-9-10-23-59(58)64/h1-30,32-36,38-40,42-46H,31,37,41H2/i30D,31D,32D,33D,34D,35D,38D,39D. The van der Waals surface area contributed by atoms with E-state index in [1.54, 1.807) is 11.3 Å². The van der Waals surface area contributed by atoms with E-state index in [4.69, 9.17) is 0 Å². The Bertz CT molecular complexity index is 4430. The van der Waals surface area contributed by atoms with Crippen molar-refractivity contribution in [3.63, 3.8) is 0 Å². The van der Waals surface area contributed by atoms with Gasteiger partial charge < -0.3 is 4.90 Å². The molecule has 2 atom stereocenters. The SMILES string of the molecule is [2H]C1=C([2H])C(c2c([2H])c([2H])c(N(C3=CC=C(c4cccc5c4sc4ccccc45)CC3)c3ccc4c(c3)C(c3ccccc3)(c3ccccc3)c3ccccc3-4)c([2H])c2[2H])C([2H])C([2H])=C1c1cc2ccccc2c2ccccc12. The third kappa shape index (κ3) is 6.73. The molecular weight excluding hydrogens is 875 g/mol. The number of rotatable bonds is 8. The molecule has 1 aromatic heterocycles. The lowest BCUT2D eigenvalue weighted by Crippen LogP contribution is -2.29. The second-order valence-electron chi connectivity index (χ2n) is 18.6. The molecule has 0 aliphatic heterocycles. The molecule has 1 nitrogen and oxygen atoms in total. The Hall–Kier alpha value is -8.30. The topological polar surface area (TPSA) is 3.24 Å². The van der Waals surface area contributed by atoms with E-state index in [9.17, 15) is 11.0 Å². The van der Waals surface area contributed by atoms with Crippen LogP contribution in [0.5, 0.6) is 0 Å². The maximum atomic E-state index is 10.1. The Balaban J connectivity index is 0.958. The first kappa shape index (κ1) is 34.1. The third-order valence-electron chi connectivity index (χ3n) is 14.8. The number of anilines is 2. The van der Waals surface area contributed by atoms with E-state index in [-0.39, 0.29) is 47.1 Å². The predicted octanol–water partition coefficient (Wildman–Crippen LogP) is 18.8. The van der Waals surface area contributed by atoms with E-state index in [0.29, 0.717) is 24.1 Å². The summed E-state index contributed by atoms with van der Waals surface area (Å²) < 4.78 is 80.9. The first-order valence-corrected chi connectivity index (χ1v) is 25.2. The van der Waals surface area contributed by atoms with Crippen LogP contribution in [0.3, 0.4) is 0 Å². The Kier molecular flexibility index (Phi) is 8.15. The van der Waals surface area contributed by atoms with Gasteiger partial charge in [-0.05, 0) is 144 Å². The maximum Gasteiger partial charge on any atom is 0.0714 e. The average Bonchev–Trinajstić information content (AvgIpc) is 3.93. The Morgan fingerprint density at radius 3 is 1.96 bits per heavy atom. The number of thiophene rings is 1. The Morgan fingerprint density at radius 1 is 0.507 bits per heavy atom. The zero-order chi connectivity index (χ0) is 53.8. The highest BCUT2D eigenvalue weighted by Gasteiger charge is 2.46. The van der Waals surface area contributed by atoms with Crippen LogP contribution in [0.15, 0.2) is 260 Å². The minimum absolute atomic E-state index is 0.0397. The summed E-state index contributed by atoms with van der Waals surface area (Å²) in [5.41, 5.74) is 10.0. The monoisotopic (exact) mass is 931 g/mol. The van der Waals surface area contributed by atoms with E-state index < -0.39 is 29.8 Å². The smallest absolute Gasteiger partial charge is 0.0714 e. The van der Waals surface area contributed by atoms with Gasteiger partial charge in [-0.3, -0.25) is 0 Å². The molecular formula is C69H49NS. The van der Waals surface area contributed by atoms with E-state index in [1.165, 1.54) is 20.2 Å².